The SMILES string of the molecule is COC(=O)c1cccc(NC(=O)/C=C/c2cccc(F)c2)c1. The maximum absolute atomic E-state index is 13.0. The normalized spacial score (nSPS) is 10.5. The summed E-state index contributed by atoms with van der Waals surface area (Å²) in [6.07, 6.45) is 2.79. The maximum Gasteiger partial charge on any atom is 0.337 e. The molecule has 1 N–H and O–H groups in total. The molecule has 0 saturated carbocycles. The Bertz CT molecular complexity index is 725. The van der Waals surface area contributed by atoms with Crippen molar-refractivity contribution in [3.8, 4) is 0 Å². The smallest absolute Gasteiger partial charge is 0.337 e. The summed E-state index contributed by atoms with van der Waals surface area (Å²) in [6, 6.07) is 12.3. The van der Waals surface area contributed by atoms with Gasteiger partial charge < -0.3 is 10.1 Å². The number of ether oxygens (including phenoxy) is 1. The van der Waals surface area contributed by atoms with Crippen molar-refractivity contribution >= 4 is 23.6 Å². The van der Waals surface area contributed by atoms with E-state index in [2.05, 4.69) is 10.1 Å². The number of hydrogen-bond acceptors (Lipinski definition) is 3. The van der Waals surface area contributed by atoms with Gasteiger partial charge >= 0.3 is 5.97 Å². The molecule has 0 aliphatic rings. The summed E-state index contributed by atoms with van der Waals surface area (Å²) < 4.78 is 17.6. The van der Waals surface area contributed by atoms with Crippen LogP contribution in [0.1, 0.15) is 15.9 Å². The predicted molar refractivity (Wildman–Crippen MR) is 81.8 cm³/mol. The molecule has 22 heavy (non-hydrogen) atoms. The first kappa shape index (κ1) is 15.4. The second-order valence-corrected chi connectivity index (χ2v) is 4.45. The molecule has 112 valence electrons. The van der Waals surface area contributed by atoms with Gasteiger partial charge in [-0.2, -0.15) is 0 Å². The molecule has 5 heteroatoms. The van der Waals surface area contributed by atoms with Crippen molar-refractivity contribution in [2.75, 3.05) is 12.4 Å². The minimum absolute atomic E-state index is 0.342. The van der Waals surface area contributed by atoms with Crippen LogP contribution in [0.25, 0.3) is 6.08 Å². The number of rotatable bonds is 4. The molecule has 0 aliphatic heterocycles. The molecule has 0 radical (unpaired) electrons. The van der Waals surface area contributed by atoms with Crippen molar-refractivity contribution in [3.05, 3.63) is 71.6 Å². The van der Waals surface area contributed by atoms with Gasteiger partial charge in [-0.15, -0.1) is 0 Å². The number of halogens is 1. The zero-order chi connectivity index (χ0) is 15.9. The van der Waals surface area contributed by atoms with Crippen LogP contribution in [-0.4, -0.2) is 19.0 Å². The molecule has 0 aliphatic carbocycles. The van der Waals surface area contributed by atoms with Crippen molar-refractivity contribution in [1.82, 2.24) is 0 Å². The molecule has 2 rings (SSSR count). The fraction of sp³-hybridized carbons (Fsp3) is 0.0588. The average molecular weight is 299 g/mol. The lowest BCUT2D eigenvalue weighted by Crippen LogP contribution is -2.09. The minimum atomic E-state index is -0.480. The Morgan fingerprint density at radius 2 is 1.91 bits per heavy atom. The van der Waals surface area contributed by atoms with E-state index >= 15 is 0 Å². The fourth-order valence-electron chi connectivity index (χ4n) is 1.81. The van der Waals surface area contributed by atoms with Gasteiger partial charge in [-0.1, -0.05) is 18.2 Å². The van der Waals surface area contributed by atoms with E-state index in [-0.39, 0.29) is 11.7 Å². The van der Waals surface area contributed by atoms with Crippen LogP contribution < -0.4 is 5.32 Å². The largest absolute Gasteiger partial charge is 0.465 e. The Labute approximate surface area is 127 Å². The summed E-state index contributed by atoms with van der Waals surface area (Å²) in [5.74, 6) is -1.23. The third-order valence-corrected chi connectivity index (χ3v) is 2.83. The van der Waals surface area contributed by atoms with Crippen LogP contribution in [0, 0.1) is 5.82 Å². The Hall–Kier alpha value is -2.95. The van der Waals surface area contributed by atoms with E-state index in [1.54, 1.807) is 30.3 Å². The molecule has 0 fully saturated rings. The van der Waals surface area contributed by atoms with Crippen LogP contribution >= 0.6 is 0 Å². The van der Waals surface area contributed by atoms with E-state index in [1.165, 1.54) is 37.5 Å². The lowest BCUT2D eigenvalue weighted by atomic mass is 10.2. The van der Waals surface area contributed by atoms with Crippen LogP contribution in [0.5, 0.6) is 0 Å². The summed E-state index contributed by atoms with van der Waals surface area (Å²) in [7, 11) is 1.29. The van der Waals surface area contributed by atoms with Gasteiger partial charge in [-0.05, 0) is 42.0 Å². The van der Waals surface area contributed by atoms with E-state index < -0.39 is 5.97 Å². The number of methoxy groups -OCH3 is 1. The number of carbonyl (C=O) groups excluding carboxylic acids is 2. The number of amides is 1. The highest BCUT2D eigenvalue weighted by molar-refractivity contribution is 6.02. The highest BCUT2D eigenvalue weighted by Gasteiger charge is 2.06. The van der Waals surface area contributed by atoms with E-state index in [4.69, 9.17) is 0 Å². The van der Waals surface area contributed by atoms with Gasteiger partial charge in [-0.25, -0.2) is 9.18 Å². The molecule has 1 amide bonds. The Morgan fingerprint density at radius 1 is 1.14 bits per heavy atom. The summed E-state index contributed by atoms with van der Waals surface area (Å²) in [5, 5.41) is 2.62. The first-order chi connectivity index (χ1) is 10.6. The van der Waals surface area contributed by atoms with E-state index in [9.17, 15) is 14.0 Å². The highest BCUT2D eigenvalue weighted by Crippen LogP contribution is 2.12. The Kier molecular flexibility index (Phi) is 5.03. The van der Waals surface area contributed by atoms with Crippen molar-refractivity contribution < 1.29 is 18.7 Å². The number of anilines is 1. The van der Waals surface area contributed by atoms with Crippen molar-refractivity contribution in [3.63, 3.8) is 0 Å². The summed E-state index contributed by atoms with van der Waals surface area (Å²) in [4.78, 5) is 23.2. The van der Waals surface area contributed by atoms with Crippen LogP contribution in [0.2, 0.25) is 0 Å². The summed E-state index contributed by atoms with van der Waals surface area (Å²) in [6.45, 7) is 0. The van der Waals surface area contributed by atoms with Gasteiger partial charge in [-0.3, -0.25) is 4.79 Å². The maximum atomic E-state index is 13.0. The lowest BCUT2D eigenvalue weighted by Gasteiger charge is -2.04. The van der Waals surface area contributed by atoms with Gasteiger partial charge in [0.05, 0.1) is 12.7 Å². The van der Waals surface area contributed by atoms with Gasteiger partial charge in [0, 0.05) is 11.8 Å². The third-order valence-electron chi connectivity index (χ3n) is 2.83. The summed E-state index contributed by atoms with van der Waals surface area (Å²) >= 11 is 0. The molecular weight excluding hydrogens is 285 g/mol. The Balaban J connectivity index is 2.04. The number of benzene rings is 2. The topological polar surface area (TPSA) is 55.4 Å². The second-order valence-electron chi connectivity index (χ2n) is 4.45. The highest BCUT2D eigenvalue weighted by atomic mass is 19.1. The van der Waals surface area contributed by atoms with Crippen LogP contribution in [0.4, 0.5) is 10.1 Å². The number of carbonyl (C=O) groups is 2. The molecule has 0 heterocycles. The molecule has 4 nitrogen and oxygen atoms in total. The molecule has 2 aromatic carbocycles. The molecule has 0 bridgehead atoms. The van der Waals surface area contributed by atoms with E-state index in [1.807, 2.05) is 0 Å². The zero-order valence-electron chi connectivity index (χ0n) is 11.9. The lowest BCUT2D eigenvalue weighted by molar-refractivity contribution is -0.111. The second kappa shape index (κ2) is 7.17. The number of hydrogen-bond donors (Lipinski definition) is 1. The molecule has 0 atom stereocenters. The first-order valence-corrected chi connectivity index (χ1v) is 6.51. The van der Waals surface area contributed by atoms with Crippen LogP contribution in [0.3, 0.4) is 0 Å². The molecule has 0 aromatic heterocycles. The van der Waals surface area contributed by atoms with Gasteiger partial charge in [0.25, 0.3) is 0 Å². The van der Waals surface area contributed by atoms with E-state index in [0.29, 0.717) is 16.8 Å². The van der Waals surface area contributed by atoms with Crippen molar-refractivity contribution in [1.29, 1.82) is 0 Å². The van der Waals surface area contributed by atoms with Crippen molar-refractivity contribution in [2.45, 2.75) is 0 Å². The summed E-state index contributed by atoms with van der Waals surface area (Å²) in [5.41, 5.74) is 1.39. The fourth-order valence-corrected chi connectivity index (χ4v) is 1.81. The first-order valence-electron chi connectivity index (χ1n) is 6.51. The standard InChI is InChI=1S/C17H14FNO3/c1-22-17(21)13-5-3-7-15(11-13)19-16(20)9-8-12-4-2-6-14(18)10-12/h2-11H,1H3,(H,19,20)/b9-8+. The average Bonchev–Trinajstić information content (AvgIpc) is 2.52. The van der Waals surface area contributed by atoms with Crippen LogP contribution in [0.15, 0.2) is 54.6 Å². The minimum Gasteiger partial charge on any atom is -0.465 e. The number of nitrogens with one attached hydrogen (secondary N) is 1. The molecule has 0 saturated heterocycles. The van der Waals surface area contributed by atoms with Crippen LogP contribution in [-0.2, 0) is 9.53 Å². The Morgan fingerprint density at radius 3 is 2.64 bits per heavy atom. The molecule has 2 aromatic rings. The zero-order valence-corrected chi connectivity index (χ0v) is 11.9. The predicted octanol–water partition coefficient (Wildman–Crippen LogP) is 3.26. The monoisotopic (exact) mass is 299 g/mol. The third kappa shape index (κ3) is 4.28. The number of esters is 1. The van der Waals surface area contributed by atoms with Gasteiger partial charge in [0.15, 0.2) is 0 Å². The van der Waals surface area contributed by atoms with Gasteiger partial charge in [0.1, 0.15) is 5.82 Å². The molecule has 0 spiro atoms. The van der Waals surface area contributed by atoms with Crippen molar-refractivity contribution in [2.24, 2.45) is 0 Å². The molecular formula is C17H14FNO3. The molecule has 0 unspecified atom stereocenters. The van der Waals surface area contributed by atoms with E-state index in [0.717, 1.165) is 0 Å². The quantitative estimate of drug-likeness (QED) is 0.696. The van der Waals surface area contributed by atoms with Gasteiger partial charge in [0.2, 0.25) is 5.91 Å².